The number of hydrogen-bond donors (Lipinski definition) is 2. The molecule has 178 valence electrons. The van der Waals surface area contributed by atoms with E-state index in [9.17, 15) is 19.7 Å². The van der Waals surface area contributed by atoms with Gasteiger partial charge in [-0.2, -0.15) is 5.10 Å². The van der Waals surface area contributed by atoms with Gasteiger partial charge in [0.1, 0.15) is 5.70 Å². The number of nitrogens with one attached hydrogen (secondary N) is 2. The highest BCUT2D eigenvalue weighted by Gasteiger charge is 2.15. The topological polar surface area (TPSA) is 117 Å². The number of anilines is 1. The molecule has 0 aliphatic carbocycles. The largest absolute Gasteiger partial charge is 0.378 e. The molecule has 0 saturated heterocycles. The van der Waals surface area contributed by atoms with E-state index in [1.54, 1.807) is 30.3 Å². The molecule has 3 aromatic rings. The number of rotatable bonds is 8. The van der Waals surface area contributed by atoms with Gasteiger partial charge in [0, 0.05) is 35.9 Å². The minimum absolute atomic E-state index is 0.0488. The van der Waals surface area contributed by atoms with Crippen LogP contribution in [0.2, 0.25) is 0 Å². The van der Waals surface area contributed by atoms with Gasteiger partial charge in [0.05, 0.1) is 16.7 Å². The van der Waals surface area contributed by atoms with Gasteiger partial charge >= 0.3 is 0 Å². The van der Waals surface area contributed by atoms with Crippen LogP contribution in [0.3, 0.4) is 0 Å². The Hall–Kier alpha value is -4.31. The Bertz CT molecular complexity index is 1300. The van der Waals surface area contributed by atoms with Crippen molar-refractivity contribution in [2.75, 3.05) is 19.0 Å². The number of benzene rings is 3. The summed E-state index contributed by atoms with van der Waals surface area (Å²) in [4.78, 5) is 38.3. The molecule has 10 heteroatoms. The van der Waals surface area contributed by atoms with Gasteiger partial charge < -0.3 is 10.2 Å². The Morgan fingerprint density at radius 2 is 1.74 bits per heavy atom. The molecule has 0 bridgehead atoms. The summed E-state index contributed by atoms with van der Waals surface area (Å²) in [6, 6.07) is 20.1. The maximum atomic E-state index is 12.9. The zero-order chi connectivity index (χ0) is 25.4. The molecule has 9 nitrogen and oxygen atoms in total. The molecule has 2 amide bonds. The van der Waals surface area contributed by atoms with Crippen LogP contribution in [-0.2, 0) is 4.79 Å². The van der Waals surface area contributed by atoms with Crippen molar-refractivity contribution >= 4 is 51.4 Å². The molecular formula is C25H22BrN5O4. The van der Waals surface area contributed by atoms with Gasteiger partial charge in [0.2, 0.25) is 0 Å². The Morgan fingerprint density at radius 3 is 2.40 bits per heavy atom. The van der Waals surface area contributed by atoms with E-state index < -0.39 is 16.7 Å². The van der Waals surface area contributed by atoms with Gasteiger partial charge in [-0.25, -0.2) is 5.43 Å². The summed E-state index contributed by atoms with van der Waals surface area (Å²) in [6.07, 6.45) is 2.70. The molecule has 0 radical (unpaired) electrons. The van der Waals surface area contributed by atoms with Crippen LogP contribution in [0.1, 0.15) is 21.5 Å². The number of para-hydroxylation sites is 1. The molecule has 0 atom stereocenters. The maximum Gasteiger partial charge on any atom is 0.287 e. The summed E-state index contributed by atoms with van der Waals surface area (Å²) >= 11 is 3.33. The first kappa shape index (κ1) is 25.3. The molecule has 0 fully saturated rings. The van der Waals surface area contributed by atoms with Crippen LogP contribution < -0.4 is 15.6 Å². The minimum Gasteiger partial charge on any atom is -0.378 e. The van der Waals surface area contributed by atoms with Crippen molar-refractivity contribution in [3.05, 3.63) is 110 Å². The number of nitrogens with zero attached hydrogens (tertiary/aromatic N) is 3. The highest BCUT2D eigenvalue weighted by Crippen LogP contribution is 2.17. The van der Waals surface area contributed by atoms with Gasteiger partial charge in [-0.05, 0) is 48.0 Å². The molecule has 2 N–H and O–H groups in total. The molecule has 0 heterocycles. The summed E-state index contributed by atoms with van der Waals surface area (Å²) in [7, 11) is 3.83. The number of hydrogen-bond acceptors (Lipinski definition) is 6. The maximum absolute atomic E-state index is 12.9. The fourth-order valence-corrected chi connectivity index (χ4v) is 3.40. The van der Waals surface area contributed by atoms with E-state index in [1.165, 1.54) is 30.5 Å². The molecule has 0 spiro atoms. The number of carbonyl (C=O) groups excluding carboxylic acids is 2. The number of halogens is 1. The lowest BCUT2D eigenvalue weighted by molar-refractivity contribution is -0.385. The predicted molar refractivity (Wildman–Crippen MR) is 139 cm³/mol. The summed E-state index contributed by atoms with van der Waals surface area (Å²) in [6.45, 7) is 0. The number of nitro benzene ring substituents is 1. The lowest BCUT2D eigenvalue weighted by Crippen LogP contribution is -2.32. The Kier molecular flexibility index (Phi) is 8.47. The second kappa shape index (κ2) is 11.7. The van der Waals surface area contributed by atoms with Crippen LogP contribution in [0, 0.1) is 10.1 Å². The van der Waals surface area contributed by atoms with Gasteiger partial charge in [-0.1, -0.05) is 46.3 Å². The second-order valence-electron chi connectivity index (χ2n) is 7.52. The number of amides is 2. The van der Waals surface area contributed by atoms with Crippen LogP contribution in [0.15, 0.2) is 88.1 Å². The molecular weight excluding hydrogens is 514 g/mol. The fraction of sp³-hybridized carbons (Fsp3) is 0.0800. The van der Waals surface area contributed by atoms with Crippen LogP contribution in [0.4, 0.5) is 11.4 Å². The molecule has 3 aromatic carbocycles. The molecule has 0 saturated carbocycles. The van der Waals surface area contributed by atoms with E-state index in [0.717, 1.165) is 5.69 Å². The summed E-state index contributed by atoms with van der Waals surface area (Å²) < 4.78 is 0.716. The van der Waals surface area contributed by atoms with Crippen LogP contribution in [0.5, 0.6) is 0 Å². The Labute approximate surface area is 210 Å². The monoisotopic (exact) mass is 535 g/mol. The van der Waals surface area contributed by atoms with Crippen LogP contribution >= 0.6 is 15.9 Å². The van der Waals surface area contributed by atoms with E-state index in [-0.39, 0.29) is 16.9 Å². The van der Waals surface area contributed by atoms with Gasteiger partial charge in [-0.3, -0.25) is 19.7 Å². The predicted octanol–water partition coefficient (Wildman–Crippen LogP) is 4.34. The van der Waals surface area contributed by atoms with Gasteiger partial charge in [-0.15, -0.1) is 0 Å². The molecule has 35 heavy (non-hydrogen) atoms. The smallest absolute Gasteiger partial charge is 0.287 e. The van der Waals surface area contributed by atoms with Crippen molar-refractivity contribution in [2.45, 2.75) is 0 Å². The first-order chi connectivity index (χ1) is 16.7. The van der Waals surface area contributed by atoms with Crippen LogP contribution in [-0.4, -0.2) is 37.0 Å². The normalized spacial score (nSPS) is 11.2. The molecule has 0 unspecified atom stereocenters. The van der Waals surface area contributed by atoms with E-state index in [1.807, 2.05) is 43.3 Å². The number of carbonyl (C=O) groups is 2. The van der Waals surface area contributed by atoms with Crippen LogP contribution in [0.25, 0.3) is 6.08 Å². The number of hydrazone groups is 1. The van der Waals surface area contributed by atoms with Crippen molar-refractivity contribution in [3.63, 3.8) is 0 Å². The average molecular weight is 536 g/mol. The van der Waals surface area contributed by atoms with Gasteiger partial charge in [0.25, 0.3) is 17.5 Å². The Balaban J connectivity index is 1.86. The SMILES string of the molecule is CN(C)c1ccc(/C=C(\NC(=O)c2cccc(Br)c2)C(=O)N/N=C\c2ccccc2[N+](=O)[O-])cc1. The quantitative estimate of drug-likeness (QED) is 0.192. The van der Waals surface area contributed by atoms with Crippen molar-refractivity contribution in [2.24, 2.45) is 5.10 Å². The average Bonchev–Trinajstić information content (AvgIpc) is 2.84. The third-order valence-corrected chi connectivity index (χ3v) is 5.30. The zero-order valence-corrected chi connectivity index (χ0v) is 20.5. The lowest BCUT2D eigenvalue weighted by atomic mass is 10.1. The van der Waals surface area contributed by atoms with E-state index in [0.29, 0.717) is 15.6 Å². The first-order valence-corrected chi connectivity index (χ1v) is 11.2. The molecule has 3 rings (SSSR count). The standard InChI is InChI=1S/C25H22BrN5O4/c1-30(2)21-12-10-17(11-13-21)14-22(28-24(32)18-7-5-8-20(26)15-18)25(33)29-27-16-19-6-3-4-9-23(19)31(34)35/h3-16H,1-2H3,(H,28,32)(H,29,33)/b22-14-,27-16-. The van der Waals surface area contributed by atoms with Gasteiger partial charge in [0.15, 0.2) is 0 Å². The third kappa shape index (κ3) is 7.08. The van der Waals surface area contributed by atoms with Crippen molar-refractivity contribution in [3.8, 4) is 0 Å². The van der Waals surface area contributed by atoms with E-state index in [4.69, 9.17) is 0 Å². The highest BCUT2D eigenvalue weighted by molar-refractivity contribution is 9.10. The molecule has 0 aliphatic rings. The lowest BCUT2D eigenvalue weighted by Gasteiger charge is -2.13. The summed E-state index contributed by atoms with van der Waals surface area (Å²) in [5, 5.41) is 17.6. The summed E-state index contributed by atoms with van der Waals surface area (Å²) in [5.74, 6) is -1.18. The fourth-order valence-electron chi connectivity index (χ4n) is 3.00. The molecule has 0 aromatic heterocycles. The van der Waals surface area contributed by atoms with E-state index >= 15 is 0 Å². The van der Waals surface area contributed by atoms with Crippen molar-refractivity contribution < 1.29 is 14.5 Å². The summed E-state index contributed by atoms with van der Waals surface area (Å²) in [5.41, 5.74) is 4.35. The zero-order valence-electron chi connectivity index (χ0n) is 18.9. The minimum atomic E-state index is -0.695. The van der Waals surface area contributed by atoms with Crippen molar-refractivity contribution in [1.82, 2.24) is 10.7 Å². The molecule has 0 aliphatic heterocycles. The van der Waals surface area contributed by atoms with Crippen molar-refractivity contribution in [1.29, 1.82) is 0 Å². The number of nitro groups is 1. The second-order valence-corrected chi connectivity index (χ2v) is 8.44. The first-order valence-electron chi connectivity index (χ1n) is 10.4. The third-order valence-electron chi connectivity index (χ3n) is 4.80. The van der Waals surface area contributed by atoms with E-state index in [2.05, 4.69) is 31.8 Å². The Morgan fingerprint density at radius 1 is 1.03 bits per heavy atom. The highest BCUT2D eigenvalue weighted by atomic mass is 79.9.